The van der Waals surface area contributed by atoms with Crippen LogP contribution in [0.3, 0.4) is 0 Å². The van der Waals surface area contributed by atoms with E-state index < -0.39 is 17.7 Å². The third-order valence-corrected chi connectivity index (χ3v) is 6.87. The first kappa shape index (κ1) is 20.6. The lowest BCUT2D eigenvalue weighted by atomic mass is 9.96. The van der Waals surface area contributed by atoms with Crippen molar-refractivity contribution in [2.75, 3.05) is 20.3 Å². The highest BCUT2D eigenvalue weighted by atomic mass is 32.1. The van der Waals surface area contributed by atoms with Gasteiger partial charge in [-0.3, -0.25) is 9.59 Å². The highest BCUT2D eigenvalue weighted by molar-refractivity contribution is 7.10. The summed E-state index contributed by atoms with van der Waals surface area (Å²) in [6.07, 6.45) is 1.72. The minimum atomic E-state index is -0.654. The van der Waals surface area contributed by atoms with E-state index >= 15 is 0 Å². The van der Waals surface area contributed by atoms with Gasteiger partial charge in [-0.25, -0.2) is 0 Å². The molecule has 2 saturated heterocycles. The van der Waals surface area contributed by atoms with Gasteiger partial charge in [0.1, 0.15) is 11.5 Å². The van der Waals surface area contributed by atoms with Crippen molar-refractivity contribution < 1.29 is 24.2 Å². The van der Waals surface area contributed by atoms with Crippen molar-refractivity contribution in [2.24, 2.45) is 0 Å². The first-order valence-electron chi connectivity index (χ1n) is 10.0. The minimum absolute atomic E-state index is 0.0891. The van der Waals surface area contributed by atoms with Gasteiger partial charge in [-0.2, -0.15) is 0 Å². The predicted molar refractivity (Wildman–Crippen MR) is 115 cm³/mol. The van der Waals surface area contributed by atoms with Crippen LogP contribution in [-0.4, -0.2) is 48.1 Å². The maximum absolute atomic E-state index is 13.1. The summed E-state index contributed by atoms with van der Waals surface area (Å²) in [4.78, 5) is 28.5. The van der Waals surface area contributed by atoms with Crippen molar-refractivity contribution in [2.45, 2.75) is 38.8 Å². The van der Waals surface area contributed by atoms with E-state index in [1.807, 2.05) is 25.3 Å². The smallest absolute Gasteiger partial charge is 0.295 e. The van der Waals surface area contributed by atoms with E-state index in [9.17, 15) is 14.7 Å². The molecule has 4 rings (SSSR count). The van der Waals surface area contributed by atoms with Crippen molar-refractivity contribution >= 4 is 28.8 Å². The number of aliphatic hydroxyl groups is 1. The Hall–Kier alpha value is -2.64. The number of amides is 1. The van der Waals surface area contributed by atoms with Gasteiger partial charge in [-0.1, -0.05) is 0 Å². The zero-order chi connectivity index (χ0) is 21.4. The average Bonchev–Trinajstić information content (AvgIpc) is 3.45. The van der Waals surface area contributed by atoms with Gasteiger partial charge in [0, 0.05) is 23.6 Å². The summed E-state index contributed by atoms with van der Waals surface area (Å²) in [5.74, 6) is -0.732. The second kappa shape index (κ2) is 8.24. The van der Waals surface area contributed by atoms with Gasteiger partial charge in [0.15, 0.2) is 0 Å². The molecule has 30 heavy (non-hydrogen) atoms. The molecule has 3 heterocycles. The van der Waals surface area contributed by atoms with E-state index in [-0.39, 0.29) is 17.4 Å². The van der Waals surface area contributed by atoms with Crippen LogP contribution in [0, 0.1) is 13.8 Å². The average molecular weight is 428 g/mol. The molecule has 6 nitrogen and oxygen atoms in total. The number of aliphatic hydroxyl groups excluding tert-OH is 1. The van der Waals surface area contributed by atoms with Crippen LogP contribution in [0.25, 0.3) is 5.76 Å². The standard InChI is InChI=1S/C23H25NO5S/c1-13-8-10-30-22(13)19-18(20(25)17-7-6-15(28-3)11-14(17)2)21(26)23(27)24(19)12-16-5-4-9-29-16/h6-8,10-11,16,19,25H,4-5,9,12H2,1-3H3/b20-18+. The topological polar surface area (TPSA) is 76.1 Å². The Labute approximate surface area is 179 Å². The first-order valence-corrected chi connectivity index (χ1v) is 10.9. The number of benzene rings is 1. The van der Waals surface area contributed by atoms with Crippen LogP contribution >= 0.6 is 11.3 Å². The van der Waals surface area contributed by atoms with E-state index in [1.54, 1.807) is 30.2 Å². The molecular formula is C23H25NO5S. The molecule has 0 aliphatic carbocycles. The second-order valence-electron chi connectivity index (χ2n) is 7.74. The number of carbonyl (C=O) groups excluding carboxylic acids is 2. The molecule has 2 aliphatic heterocycles. The molecule has 7 heteroatoms. The van der Waals surface area contributed by atoms with Gasteiger partial charge in [0.05, 0.1) is 24.8 Å². The number of hydrogen-bond acceptors (Lipinski definition) is 6. The lowest BCUT2D eigenvalue weighted by Gasteiger charge is -2.27. The van der Waals surface area contributed by atoms with Gasteiger partial charge < -0.3 is 19.5 Å². The number of thiophene rings is 1. The number of likely N-dealkylation sites (tertiary alicyclic amines) is 1. The third kappa shape index (κ3) is 3.52. The number of rotatable bonds is 5. The normalized spacial score (nSPS) is 23.4. The van der Waals surface area contributed by atoms with Crippen LogP contribution in [0.15, 0.2) is 35.2 Å². The van der Waals surface area contributed by atoms with Gasteiger partial charge in [0.2, 0.25) is 0 Å². The number of hydrogen-bond donors (Lipinski definition) is 1. The summed E-state index contributed by atoms with van der Waals surface area (Å²) in [6.45, 7) is 4.80. The fourth-order valence-electron chi connectivity index (χ4n) is 4.19. The Morgan fingerprint density at radius 2 is 2.07 bits per heavy atom. The predicted octanol–water partition coefficient (Wildman–Crippen LogP) is 3.97. The Kier molecular flexibility index (Phi) is 5.66. The maximum atomic E-state index is 13.1. The summed E-state index contributed by atoms with van der Waals surface area (Å²) < 4.78 is 11.0. The van der Waals surface area contributed by atoms with Crippen LogP contribution in [0.2, 0.25) is 0 Å². The quantitative estimate of drug-likeness (QED) is 0.444. The zero-order valence-corrected chi connectivity index (χ0v) is 18.1. The minimum Gasteiger partial charge on any atom is -0.507 e. The van der Waals surface area contributed by atoms with Crippen LogP contribution in [-0.2, 0) is 14.3 Å². The molecular weight excluding hydrogens is 402 g/mol. The number of ketones is 1. The Morgan fingerprint density at radius 1 is 1.27 bits per heavy atom. The van der Waals surface area contributed by atoms with Gasteiger partial charge >= 0.3 is 0 Å². The number of methoxy groups -OCH3 is 1. The van der Waals surface area contributed by atoms with Crippen LogP contribution in [0.4, 0.5) is 0 Å². The lowest BCUT2D eigenvalue weighted by molar-refractivity contribution is -0.140. The number of Topliss-reactive ketones (excluding diaryl/α,β-unsaturated/α-hetero) is 1. The van der Waals surface area contributed by atoms with Crippen molar-refractivity contribution in [3.63, 3.8) is 0 Å². The summed E-state index contributed by atoms with van der Waals surface area (Å²) in [5.41, 5.74) is 2.40. The SMILES string of the molecule is COc1ccc(/C(O)=C2\C(=O)C(=O)N(CC3CCCO3)C2c2sccc2C)c(C)c1. The Morgan fingerprint density at radius 3 is 2.67 bits per heavy atom. The molecule has 0 saturated carbocycles. The van der Waals surface area contributed by atoms with Crippen molar-refractivity contribution in [3.05, 3.63) is 56.8 Å². The summed E-state index contributed by atoms with van der Waals surface area (Å²) in [7, 11) is 1.57. The highest BCUT2D eigenvalue weighted by Gasteiger charge is 2.48. The second-order valence-corrected chi connectivity index (χ2v) is 8.68. The summed E-state index contributed by atoms with van der Waals surface area (Å²) in [5, 5.41) is 13.1. The molecule has 1 aromatic carbocycles. The molecule has 1 aromatic heterocycles. The molecule has 0 radical (unpaired) electrons. The molecule has 2 aromatic rings. The van der Waals surface area contributed by atoms with Gasteiger partial charge in [-0.15, -0.1) is 11.3 Å². The Balaban J connectivity index is 1.83. The summed E-state index contributed by atoms with van der Waals surface area (Å²) >= 11 is 1.49. The molecule has 1 N–H and O–H groups in total. The van der Waals surface area contributed by atoms with E-state index in [2.05, 4.69) is 0 Å². The first-order chi connectivity index (χ1) is 14.4. The van der Waals surface area contributed by atoms with E-state index in [4.69, 9.17) is 9.47 Å². The van der Waals surface area contributed by atoms with Crippen LogP contribution < -0.4 is 4.74 Å². The number of carbonyl (C=O) groups is 2. The molecule has 0 bridgehead atoms. The van der Waals surface area contributed by atoms with Gasteiger partial charge in [0.25, 0.3) is 11.7 Å². The lowest BCUT2D eigenvalue weighted by Crippen LogP contribution is -2.36. The molecule has 1 amide bonds. The van der Waals surface area contributed by atoms with Gasteiger partial charge in [-0.05, 0) is 67.5 Å². The summed E-state index contributed by atoms with van der Waals surface area (Å²) in [6, 6.07) is 6.59. The fraction of sp³-hybridized carbons (Fsp3) is 0.391. The van der Waals surface area contributed by atoms with Crippen molar-refractivity contribution in [3.8, 4) is 5.75 Å². The zero-order valence-electron chi connectivity index (χ0n) is 17.3. The molecule has 2 atom stereocenters. The largest absolute Gasteiger partial charge is 0.507 e. The number of nitrogens with zero attached hydrogens (tertiary/aromatic N) is 1. The maximum Gasteiger partial charge on any atom is 0.295 e. The molecule has 0 spiro atoms. The van der Waals surface area contributed by atoms with E-state index in [1.165, 1.54) is 11.3 Å². The van der Waals surface area contributed by atoms with Crippen molar-refractivity contribution in [1.29, 1.82) is 0 Å². The number of ether oxygens (including phenoxy) is 2. The van der Waals surface area contributed by atoms with Crippen LogP contribution in [0.1, 0.15) is 40.5 Å². The molecule has 2 unspecified atom stereocenters. The monoisotopic (exact) mass is 427 g/mol. The van der Waals surface area contributed by atoms with Crippen LogP contribution in [0.5, 0.6) is 5.75 Å². The third-order valence-electron chi connectivity index (χ3n) is 5.80. The van der Waals surface area contributed by atoms with Crippen molar-refractivity contribution in [1.82, 2.24) is 4.90 Å². The van der Waals surface area contributed by atoms with E-state index in [0.717, 1.165) is 28.8 Å². The molecule has 2 aliphatic rings. The Bertz CT molecular complexity index is 1020. The fourth-order valence-corrected chi connectivity index (χ4v) is 5.23. The number of aryl methyl sites for hydroxylation is 2. The highest BCUT2D eigenvalue weighted by Crippen LogP contribution is 2.43. The molecule has 158 valence electrons. The van der Waals surface area contributed by atoms with E-state index in [0.29, 0.717) is 24.5 Å². The molecule has 2 fully saturated rings.